The number of carboxylic acid groups (broad SMARTS) is 1. The van der Waals surface area contributed by atoms with Crippen LogP contribution < -0.4 is 5.32 Å². The molecule has 0 aromatic rings. The average Bonchev–Trinajstić information content (AvgIpc) is 3.24. The Kier molecular flexibility index (Phi) is 9.62. The van der Waals surface area contributed by atoms with E-state index in [-0.39, 0.29) is 94.9 Å². The predicted molar refractivity (Wildman–Crippen MR) is 152 cm³/mol. The van der Waals surface area contributed by atoms with Crippen LogP contribution >= 0.6 is 0 Å². The normalized spacial score (nSPS) is 39.5. The summed E-state index contributed by atoms with van der Waals surface area (Å²) in [7, 11) is 0. The summed E-state index contributed by atoms with van der Waals surface area (Å²) in [4.78, 5) is 59.8. The van der Waals surface area contributed by atoms with Gasteiger partial charge in [-0.15, -0.1) is 0 Å². The van der Waals surface area contributed by atoms with E-state index in [0.717, 1.165) is 38.5 Å². The molecule has 0 bridgehead atoms. The van der Waals surface area contributed by atoms with Crippen LogP contribution in [0.25, 0.3) is 0 Å². The number of amides is 1. The van der Waals surface area contributed by atoms with Crippen molar-refractivity contribution in [3.8, 4) is 0 Å². The Bertz CT molecular complexity index is 1080. The second-order valence-electron chi connectivity index (χ2n) is 14.0. The van der Waals surface area contributed by atoms with Crippen molar-refractivity contribution < 1.29 is 43.3 Å². The number of esters is 3. The van der Waals surface area contributed by atoms with Gasteiger partial charge in [-0.2, -0.15) is 0 Å². The van der Waals surface area contributed by atoms with E-state index in [4.69, 9.17) is 19.3 Å². The third kappa shape index (κ3) is 6.32. The Hall–Kier alpha value is -2.65. The van der Waals surface area contributed by atoms with E-state index in [1.807, 2.05) is 0 Å². The molecular formula is C32H49NO9. The van der Waals surface area contributed by atoms with Crippen molar-refractivity contribution in [2.45, 2.75) is 118 Å². The van der Waals surface area contributed by atoms with E-state index < -0.39 is 12.5 Å². The maximum atomic E-state index is 12.5. The van der Waals surface area contributed by atoms with Gasteiger partial charge < -0.3 is 24.6 Å². The van der Waals surface area contributed by atoms with Crippen molar-refractivity contribution in [1.82, 2.24) is 5.32 Å². The van der Waals surface area contributed by atoms with Crippen LogP contribution in [0.3, 0.4) is 0 Å². The fourth-order valence-corrected chi connectivity index (χ4v) is 9.94. The van der Waals surface area contributed by atoms with Gasteiger partial charge in [0.25, 0.3) is 0 Å². The quantitative estimate of drug-likeness (QED) is 0.296. The zero-order valence-electron chi connectivity index (χ0n) is 26.0. The van der Waals surface area contributed by atoms with E-state index in [1.54, 1.807) is 0 Å². The molecule has 0 saturated heterocycles. The topological polar surface area (TPSA) is 145 Å². The monoisotopic (exact) mass is 591 g/mol. The molecule has 0 radical (unpaired) electrons. The molecule has 4 rings (SSSR count). The number of nitrogens with one attached hydrogen (secondary N) is 1. The van der Waals surface area contributed by atoms with Crippen LogP contribution in [-0.2, 0) is 38.2 Å². The number of fused-ring (bicyclic) bond motifs is 5. The summed E-state index contributed by atoms with van der Waals surface area (Å²) >= 11 is 0. The highest BCUT2D eigenvalue weighted by molar-refractivity contribution is 5.81. The zero-order valence-corrected chi connectivity index (χ0v) is 26.0. The molecule has 2 N–H and O–H groups in total. The molecule has 11 atom stereocenters. The van der Waals surface area contributed by atoms with E-state index in [9.17, 15) is 24.0 Å². The highest BCUT2D eigenvalue weighted by Gasteiger charge is 2.67. The molecule has 0 aromatic heterocycles. The first kappa shape index (κ1) is 32.3. The zero-order chi connectivity index (χ0) is 31.0. The smallest absolute Gasteiger partial charge is 0.322 e. The minimum atomic E-state index is -1.07. The lowest BCUT2D eigenvalue weighted by Crippen LogP contribution is -2.63. The SMILES string of the molecule is CC(=O)O[C@@H]1CC[C@@]2(C)[C@@H](C1)C[C@@H](OC(C)=O)[C@@H]1[C@@H]2C[C@H](OC(C)=O)[C@]2(C)[C@@H]([C@H](C)CCC(=O)NCC(=O)O)CC[C@@H]12. The van der Waals surface area contributed by atoms with Crippen LogP contribution in [0.5, 0.6) is 0 Å². The van der Waals surface area contributed by atoms with E-state index in [2.05, 4.69) is 26.1 Å². The van der Waals surface area contributed by atoms with Gasteiger partial charge in [0.05, 0.1) is 0 Å². The fraction of sp³-hybridized carbons (Fsp3) is 0.844. The molecule has 0 heterocycles. The summed E-state index contributed by atoms with van der Waals surface area (Å²) < 4.78 is 17.9. The van der Waals surface area contributed by atoms with E-state index in [1.165, 1.54) is 20.8 Å². The molecule has 0 unspecified atom stereocenters. The Morgan fingerprint density at radius 1 is 0.881 bits per heavy atom. The molecule has 1 amide bonds. The maximum absolute atomic E-state index is 12.5. The van der Waals surface area contributed by atoms with Gasteiger partial charge in [-0.25, -0.2) is 0 Å². The van der Waals surface area contributed by atoms with Gasteiger partial charge in [0.2, 0.25) is 5.91 Å². The minimum Gasteiger partial charge on any atom is -0.480 e. The van der Waals surface area contributed by atoms with Crippen molar-refractivity contribution in [1.29, 1.82) is 0 Å². The average molecular weight is 592 g/mol. The van der Waals surface area contributed by atoms with Crippen LogP contribution in [0.2, 0.25) is 0 Å². The summed E-state index contributed by atoms with van der Waals surface area (Å²) in [5.41, 5.74) is -0.427. The summed E-state index contributed by atoms with van der Waals surface area (Å²) in [6.07, 6.45) is 5.79. The first-order chi connectivity index (χ1) is 19.7. The third-order valence-corrected chi connectivity index (χ3v) is 11.7. The number of carbonyl (C=O) groups is 5. The number of carboxylic acids is 1. The Labute approximate surface area is 249 Å². The van der Waals surface area contributed by atoms with Gasteiger partial charge in [-0.1, -0.05) is 20.8 Å². The standard InChI is InChI=1S/C32H49NO9/c1-17(7-10-28(37)33-16-29(38)39)23-8-9-24-30-25(15-27(32(23,24)6)42-20(4)36)31(5)12-11-22(40-18(2)34)13-21(31)14-26(30)41-19(3)35/h17,21-27,30H,7-16H2,1-6H3,(H,33,37)(H,38,39)/t17-,21+,22-,23-,24+,25+,26-,27+,30+,31+,32-/m1/s1. The van der Waals surface area contributed by atoms with Crippen LogP contribution in [-0.4, -0.2) is 59.7 Å². The molecule has 10 heteroatoms. The number of rotatable bonds is 9. The van der Waals surface area contributed by atoms with Crippen molar-refractivity contribution in [2.24, 2.45) is 46.3 Å². The summed E-state index contributed by atoms with van der Waals surface area (Å²) in [6, 6.07) is 0. The van der Waals surface area contributed by atoms with E-state index >= 15 is 0 Å². The third-order valence-electron chi connectivity index (χ3n) is 11.7. The summed E-state index contributed by atoms with van der Waals surface area (Å²) in [5.74, 6) is -1.24. The lowest BCUT2D eigenvalue weighted by Gasteiger charge is -2.64. The molecule has 0 spiro atoms. The van der Waals surface area contributed by atoms with Crippen molar-refractivity contribution in [3.63, 3.8) is 0 Å². The lowest BCUT2D eigenvalue weighted by atomic mass is 9.43. The van der Waals surface area contributed by atoms with Gasteiger partial charge in [-0.3, -0.25) is 24.0 Å². The first-order valence-corrected chi connectivity index (χ1v) is 15.7. The lowest BCUT2D eigenvalue weighted by molar-refractivity contribution is -0.224. The molecule has 0 aromatic carbocycles. The van der Waals surface area contributed by atoms with Crippen LogP contribution in [0, 0.1) is 46.3 Å². The number of aliphatic carboxylic acids is 1. The number of hydrogen-bond acceptors (Lipinski definition) is 8. The molecule has 236 valence electrons. The van der Waals surface area contributed by atoms with Gasteiger partial charge in [0.15, 0.2) is 0 Å². The Morgan fingerprint density at radius 2 is 1.55 bits per heavy atom. The van der Waals surface area contributed by atoms with Gasteiger partial charge in [0.1, 0.15) is 24.9 Å². The first-order valence-electron chi connectivity index (χ1n) is 15.7. The summed E-state index contributed by atoms with van der Waals surface area (Å²) in [5, 5.41) is 11.3. The fourth-order valence-electron chi connectivity index (χ4n) is 9.94. The largest absolute Gasteiger partial charge is 0.480 e. The molecule has 4 saturated carbocycles. The van der Waals surface area contributed by atoms with Crippen LogP contribution in [0.4, 0.5) is 0 Å². The molecular weight excluding hydrogens is 542 g/mol. The molecule has 4 aliphatic rings. The highest BCUT2D eigenvalue weighted by atomic mass is 16.6. The molecule has 4 aliphatic carbocycles. The molecule has 10 nitrogen and oxygen atoms in total. The second-order valence-corrected chi connectivity index (χ2v) is 14.0. The molecule has 4 fully saturated rings. The second kappa shape index (κ2) is 12.5. The van der Waals surface area contributed by atoms with Crippen LogP contribution in [0.15, 0.2) is 0 Å². The highest BCUT2D eigenvalue weighted by Crippen LogP contribution is 2.69. The predicted octanol–water partition coefficient (Wildman–Crippen LogP) is 4.28. The van der Waals surface area contributed by atoms with Gasteiger partial charge in [-0.05, 0) is 86.4 Å². The van der Waals surface area contributed by atoms with Crippen molar-refractivity contribution in [3.05, 3.63) is 0 Å². The number of hydrogen-bond donors (Lipinski definition) is 2. The Morgan fingerprint density at radius 3 is 2.17 bits per heavy atom. The summed E-state index contributed by atoms with van der Waals surface area (Å²) in [6.45, 7) is 10.7. The van der Waals surface area contributed by atoms with Crippen LogP contribution in [0.1, 0.15) is 99.3 Å². The number of carbonyl (C=O) groups excluding carboxylic acids is 4. The molecule has 42 heavy (non-hydrogen) atoms. The minimum absolute atomic E-state index is 0.0658. The Balaban J connectivity index is 1.63. The van der Waals surface area contributed by atoms with Crippen molar-refractivity contribution in [2.75, 3.05) is 6.54 Å². The van der Waals surface area contributed by atoms with Gasteiger partial charge in [0, 0.05) is 38.5 Å². The van der Waals surface area contributed by atoms with E-state index in [0.29, 0.717) is 12.8 Å². The number of ether oxygens (including phenoxy) is 3. The molecule has 0 aliphatic heterocycles. The van der Waals surface area contributed by atoms with Crippen molar-refractivity contribution >= 4 is 29.8 Å². The van der Waals surface area contributed by atoms with Gasteiger partial charge >= 0.3 is 23.9 Å². The maximum Gasteiger partial charge on any atom is 0.322 e.